The minimum Gasteiger partial charge on any atom is -0.479 e. The Morgan fingerprint density at radius 3 is 1.18 bits per heavy atom. The van der Waals surface area contributed by atoms with E-state index in [-0.39, 0.29) is 0 Å². The van der Waals surface area contributed by atoms with Gasteiger partial charge in [-0.25, -0.2) is 0 Å². The van der Waals surface area contributed by atoms with Crippen molar-refractivity contribution in [1.29, 1.82) is 0 Å². The smallest absolute Gasteiger partial charge is 0.155 e. The standard InChI is InChI=1S/C63H48N4O/c1-32-9-15-49-40(21-32)41-22-33(2)10-16-50(41)64(49)56-31-55-58-62(61(56)65-51-17-11-34(3)23-42(51)43-24-35(4)12-18-52(43)65)67-54-20-14-37(6)25-44(54)46-27-38(7)29-48(59(46)67)63(58)68-57-30-39(8)28-47-45-26-36(5)13-19-53(45)66(55)60(47)57/h9-31,63H,1-8H3. The zero-order valence-corrected chi connectivity index (χ0v) is 39.6. The first kappa shape index (κ1) is 38.1. The number of benzene rings is 9. The highest BCUT2D eigenvalue weighted by Crippen LogP contribution is 2.56. The van der Waals surface area contributed by atoms with Crippen LogP contribution in [0.5, 0.6) is 5.75 Å². The molecule has 0 spiro atoms. The fourth-order valence-corrected chi connectivity index (χ4v) is 12.7. The van der Waals surface area contributed by atoms with E-state index in [0.29, 0.717) is 0 Å². The molecule has 15 rings (SSSR count). The van der Waals surface area contributed by atoms with Crippen molar-refractivity contribution in [3.63, 3.8) is 0 Å². The Hall–Kier alpha value is -8.02. The molecule has 0 N–H and O–H groups in total. The van der Waals surface area contributed by atoms with Crippen LogP contribution >= 0.6 is 0 Å². The molecular formula is C63H48N4O. The predicted octanol–water partition coefficient (Wildman–Crippen LogP) is 16.3. The van der Waals surface area contributed by atoms with Gasteiger partial charge in [0, 0.05) is 54.2 Å². The molecular weight excluding hydrogens is 829 g/mol. The first-order valence-corrected chi connectivity index (χ1v) is 24.0. The van der Waals surface area contributed by atoms with Gasteiger partial charge >= 0.3 is 0 Å². The number of ether oxygens (including phenoxy) is 1. The molecule has 13 aromatic rings. The highest BCUT2D eigenvalue weighted by Gasteiger charge is 2.41. The van der Waals surface area contributed by atoms with E-state index < -0.39 is 6.10 Å². The van der Waals surface area contributed by atoms with Gasteiger partial charge in [0.15, 0.2) is 6.10 Å². The maximum atomic E-state index is 7.83. The minimum absolute atomic E-state index is 0.417. The molecule has 68 heavy (non-hydrogen) atoms. The van der Waals surface area contributed by atoms with Gasteiger partial charge in [-0.15, -0.1) is 0 Å². The molecule has 5 nitrogen and oxygen atoms in total. The SMILES string of the molecule is Cc1ccc2c(c1)c1cc(C)ccc1n2-c1cc2c3c(c1-n1c4ccc(C)cc4c4cc(C)ccc41)-n1c4ccc(C)cc4c4cc(C)cc(c41)C3Oc1cc(C)cc3c4cc(C)ccc4n-2c13. The number of fused-ring (bicyclic) bond motifs is 15. The van der Waals surface area contributed by atoms with Gasteiger partial charge in [-0.2, -0.15) is 0 Å². The first-order valence-electron chi connectivity index (χ1n) is 24.0. The van der Waals surface area contributed by atoms with Gasteiger partial charge in [-0.1, -0.05) is 69.8 Å². The minimum atomic E-state index is -0.417. The largest absolute Gasteiger partial charge is 0.479 e. The Labute approximate surface area is 393 Å². The normalized spacial score (nSPS) is 14.1. The van der Waals surface area contributed by atoms with Crippen LogP contribution in [0, 0.1) is 55.4 Å². The van der Waals surface area contributed by atoms with Crippen LogP contribution in [-0.4, -0.2) is 18.3 Å². The lowest BCUT2D eigenvalue weighted by atomic mass is 9.90. The van der Waals surface area contributed by atoms with E-state index in [1.54, 1.807) is 0 Å². The molecule has 0 saturated carbocycles. The average molecular weight is 877 g/mol. The number of rotatable bonds is 2. The van der Waals surface area contributed by atoms with E-state index in [9.17, 15) is 0 Å². The van der Waals surface area contributed by atoms with Gasteiger partial charge in [-0.05, 0) is 170 Å². The summed E-state index contributed by atoms with van der Waals surface area (Å²) in [6, 6.07) is 54.0. The van der Waals surface area contributed by atoms with E-state index in [2.05, 4.69) is 213 Å². The summed E-state index contributed by atoms with van der Waals surface area (Å²) in [7, 11) is 0. The second kappa shape index (κ2) is 12.9. The molecule has 2 aliphatic rings. The molecule has 0 saturated heterocycles. The zero-order valence-electron chi connectivity index (χ0n) is 39.6. The van der Waals surface area contributed by atoms with Gasteiger partial charge in [-0.3, -0.25) is 0 Å². The molecule has 9 aromatic carbocycles. The quantitative estimate of drug-likeness (QED) is 0.170. The van der Waals surface area contributed by atoms with Gasteiger partial charge < -0.3 is 23.0 Å². The first-order chi connectivity index (χ1) is 33.0. The second-order valence-electron chi connectivity index (χ2n) is 20.4. The van der Waals surface area contributed by atoms with Crippen LogP contribution < -0.4 is 4.74 Å². The van der Waals surface area contributed by atoms with Crippen LogP contribution in [0.4, 0.5) is 0 Å². The molecule has 1 unspecified atom stereocenters. The van der Waals surface area contributed by atoms with Crippen molar-refractivity contribution in [1.82, 2.24) is 18.3 Å². The number of hydrogen-bond donors (Lipinski definition) is 0. The van der Waals surface area contributed by atoms with Crippen molar-refractivity contribution < 1.29 is 4.74 Å². The van der Waals surface area contributed by atoms with E-state index in [1.165, 1.54) is 132 Å². The summed E-state index contributed by atoms with van der Waals surface area (Å²) < 4.78 is 18.2. The summed E-state index contributed by atoms with van der Waals surface area (Å²) in [5, 5.41) is 9.95. The van der Waals surface area contributed by atoms with Crippen molar-refractivity contribution in [3.8, 4) is 28.5 Å². The maximum absolute atomic E-state index is 7.83. The third-order valence-corrected chi connectivity index (χ3v) is 15.5. The van der Waals surface area contributed by atoms with E-state index in [0.717, 1.165) is 39.6 Å². The van der Waals surface area contributed by atoms with Gasteiger partial charge in [0.25, 0.3) is 0 Å². The Balaban J connectivity index is 1.27. The summed E-state index contributed by atoms with van der Waals surface area (Å²) in [6.07, 6.45) is -0.417. The van der Waals surface area contributed by atoms with Crippen LogP contribution in [0.15, 0.2) is 140 Å². The van der Waals surface area contributed by atoms with Crippen molar-refractivity contribution in [2.75, 3.05) is 0 Å². The Morgan fingerprint density at radius 2 is 0.691 bits per heavy atom. The summed E-state index contributed by atoms with van der Waals surface area (Å²) in [4.78, 5) is 0. The lowest BCUT2D eigenvalue weighted by molar-refractivity contribution is 0.251. The molecule has 4 aromatic heterocycles. The Morgan fingerprint density at radius 1 is 0.309 bits per heavy atom. The van der Waals surface area contributed by atoms with Crippen molar-refractivity contribution >= 4 is 87.2 Å². The summed E-state index contributed by atoms with van der Waals surface area (Å²) in [5.41, 5.74) is 26.1. The highest BCUT2D eigenvalue weighted by molar-refractivity contribution is 6.17. The molecule has 326 valence electrons. The molecule has 0 fully saturated rings. The van der Waals surface area contributed by atoms with Gasteiger partial charge in [0.05, 0.1) is 66.9 Å². The zero-order chi connectivity index (χ0) is 45.8. The fraction of sp³-hybridized carbons (Fsp3) is 0.143. The average Bonchev–Trinajstić information content (AvgIpc) is 3.98. The van der Waals surface area contributed by atoms with Crippen molar-refractivity contribution in [2.24, 2.45) is 0 Å². The molecule has 0 amide bonds. The van der Waals surface area contributed by atoms with Crippen LogP contribution in [0.3, 0.4) is 0 Å². The van der Waals surface area contributed by atoms with Crippen LogP contribution in [-0.2, 0) is 0 Å². The fourth-order valence-electron chi connectivity index (χ4n) is 12.7. The topological polar surface area (TPSA) is 28.9 Å². The maximum Gasteiger partial charge on any atom is 0.155 e. The Kier molecular flexibility index (Phi) is 7.23. The molecule has 6 heterocycles. The number of aromatic nitrogens is 4. The van der Waals surface area contributed by atoms with Crippen LogP contribution in [0.2, 0.25) is 0 Å². The monoisotopic (exact) mass is 876 g/mol. The summed E-state index contributed by atoms with van der Waals surface area (Å²) in [5.74, 6) is 0.907. The molecule has 0 radical (unpaired) electrons. The number of nitrogens with zero attached hydrogens (tertiary/aromatic N) is 4. The second-order valence-corrected chi connectivity index (χ2v) is 20.4. The summed E-state index contributed by atoms with van der Waals surface area (Å²) >= 11 is 0. The lowest BCUT2D eigenvalue weighted by Crippen LogP contribution is -2.23. The van der Waals surface area contributed by atoms with Crippen molar-refractivity contribution in [3.05, 3.63) is 195 Å². The van der Waals surface area contributed by atoms with Crippen LogP contribution in [0.1, 0.15) is 61.7 Å². The molecule has 5 heteroatoms. The highest BCUT2D eigenvalue weighted by atomic mass is 16.5. The van der Waals surface area contributed by atoms with E-state index >= 15 is 0 Å². The van der Waals surface area contributed by atoms with E-state index in [4.69, 9.17) is 4.74 Å². The van der Waals surface area contributed by atoms with Gasteiger partial charge in [0.2, 0.25) is 0 Å². The summed E-state index contributed by atoms with van der Waals surface area (Å²) in [6.45, 7) is 17.7. The molecule has 1 atom stereocenters. The molecule has 0 aliphatic carbocycles. The predicted molar refractivity (Wildman–Crippen MR) is 284 cm³/mol. The van der Waals surface area contributed by atoms with Crippen molar-refractivity contribution in [2.45, 2.75) is 61.5 Å². The lowest BCUT2D eigenvalue weighted by Gasteiger charge is -2.33. The third-order valence-electron chi connectivity index (χ3n) is 15.5. The number of hydrogen-bond acceptors (Lipinski definition) is 1. The molecule has 2 aliphatic heterocycles. The van der Waals surface area contributed by atoms with E-state index in [1.807, 2.05) is 0 Å². The number of aryl methyl sites for hydroxylation is 8. The Bertz CT molecular complexity index is 4390. The van der Waals surface area contributed by atoms with Gasteiger partial charge in [0.1, 0.15) is 5.75 Å². The third kappa shape index (κ3) is 4.80. The van der Waals surface area contributed by atoms with Crippen LogP contribution in [0.25, 0.3) is 110 Å². The molecule has 0 bridgehead atoms.